The minimum atomic E-state index is -0.811. The molecule has 1 amide bonds. The summed E-state index contributed by atoms with van der Waals surface area (Å²) in [6.45, 7) is 1.16. The maximum Gasteiger partial charge on any atom is 0.254 e. The number of likely N-dealkylation sites (tertiary alicyclic amines) is 1. The molecule has 160 valence electrons. The van der Waals surface area contributed by atoms with Crippen LogP contribution in [-0.2, 0) is 4.79 Å². The van der Waals surface area contributed by atoms with Crippen LogP contribution >= 0.6 is 11.6 Å². The molecule has 9 nitrogen and oxygen atoms in total. The van der Waals surface area contributed by atoms with Crippen LogP contribution in [0.15, 0.2) is 54.0 Å². The Bertz CT molecular complexity index is 1030. The van der Waals surface area contributed by atoms with Crippen LogP contribution in [-0.4, -0.2) is 40.6 Å². The van der Waals surface area contributed by atoms with E-state index in [9.17, 15) is 4.79 Å². The molecule has 0 spiro atoms. The van der Waals surface area contributed by atoms with Crippen LogP contribution in [0.3, 0.4) is 0 Å². The monoisotopic (exact) mass is 439 g/mol. The largest absolute Gasteiger partial charge is 0.439 e. The van der Waals surface area contributed by atoms with Crippen molar-refractivity contribution in [2.24, 2.45) is 11.5 Å². The lowest BCUT2D eigenvalue weighted by molar-refractivity contribution is -0.114. The SMILES string of the molecule is N#CN1CCCC(N/C(N)=C(\C(=N)c2ccc(Oc3ccc(Cl)cn3)cc2)C(N)=O)C1. The van der Waals surface area contributed by atoms with E-state index in [0.29, 0.717) is 35.3 Å². The van der Waals surface area contributed by atoms with Gasteiger partial charge in [-0.3, -0.25) is 10.2 Å². The van der Waals surface area contributed by atoms with Crippen molar-refractivity contribution >= 4 is 23.2 Å². The summed E-state index contributed by atoms with van der Waals surface area (Å²) >= 11 is 5.81. The molecule has 1 aromatic heterocycles. The average molecular weight is 440 g/mol. The Morgan fingerprint density at radius 1 is 1.29 bits per heavy atom. The quantitative estimate of drug-likeness (QED) is 0.292. The van der Waals surface area contributed by atoms with Gasteiger partial charge in [-0.15, -0.1) is 0 Å². The zero-order valence-corrected chi connectivity index (χ0v) is 17.4. The molecule has 2 aromatic rings. The third-order valence-electron chi connectivity index (χ3n) is 4.75. The Labute approximate surface area is 184 Å². The standard InChI is InChI=1S/C21H22ClN7O2/c22-14-5-8-17(27-10-14)31-16-6-3-13(4-7-16)19(24)18(21(26)30)20(25)28-15-2-1-9-29(11-15)12-23/h3-8,10,15,24,28H,1-2,9,11,25H2,(H2,26,30)/b20-18+,24-19?. The highest BCUT2D eigenvalue weighted by Crippen LogP contribution is 2.22. The number of hydrogen-bond donors (Lipinski definition) is 4. The van der Waals surface area contributed by atoms with Crippen LogP contribution < -0.4 is 21.5 Å². The maximum absolute atomic E-state index is 12.1. The van der Waals surface area contributed by atoms with E-state index in [1.54, 1.807) is 41.3 Å². The number of nitrogens with zero attached hydrogens (tertiary/aromatic N) is 3. The molecule has 2 heterocycles. The van der Waals surface area contributed by atoms with Crippen LogP contribution in [0.2, 0.25) is 5.02 Å². The first-order chi connectivity index (χ1) is 14.9. The number of halogens is 1. The number of benzene rings is 1. The Morgan fingerprint density at radius 2 is 2.03 bits per heavy atom. The van der Waals surface area contributed by atoms with Crippen molar-refractivity contribution in [3.05, 3.63) is 64.6 Å². The van der Waals surface area contributed by atoms with Gasteiger partial charge in [-0.1, -0.05) is 11.6 Å². The first-order valence-corrected chi connectivity index (χ1v) is 9.94. The first-order valence-electron chi connectivity index (χ1n) is 9.57. The molecule has 0 aliphatic carbocycles. The molecule has 10 heteroatoms. The number of nitrogens with one attached hydrogen (secondary N) is 2. The van der Waals surface area contributed by atoms with Crippen LogP contribution in [0, 0.1) is 16.9 Å². The first kappa shape index (κ1) is 21.9. The van der Waals surface area contributed by atoms with Gasteiger partial charge in [0, 0.05) is 37.0 Å². The van der Waals surface area contributed by atoms with Crippen molar-refractivity contribution in [2.45, 2.75) is 18.9 Å². The molecule has 1 saturated heterocycles. The number of rotatable bonds is 7. The number of piperidine rings is 1. The van der Waals surface area contributed by atoms with E-state index in [0.717, 1.165) is 12.8 Å². The molecule has 1 aromatic carbocycles. The number of amides is 1. The fraction of sp³-hybridized carbons (Fsp3) is 0.238. The summed E-state index contributed by atoms with van der Waals surface area (Å²) in [4.78, 5) is 17.7. The van der Waals surface area contributed by atoms with Gasteiger partial charge in [-0.05, 0) is 43.2 Å². The van der Waals surface area contributed by atoms with Crippen molar-refractivity contribution in [2.75, 3.05) is 13.1 Å². The number of pyridine rings is 1. The molecule has 3 rings (SSSR count). The van der Waals surface area contributed by atoms with E-state index in [1.165, 1.54) is 6.20 Å². The minimum absolute atomic E-state index is 0.0213. The number of hydrogen-bond acceptors (Lipinski definition) is 8. The highest BCUT2D eigenvalue weighted by atomic mass is 35.5. The number of carbonyl (C=O) groups excluding carboxylic acids is 1. The lowest BCUT2D eigenvalue weighted by Gasteiger charge is -2.30. The zero-order valence-electron chi connectivity index (χ0n) is 16.6. The molecule has 1 aliphatic rings. The lowest BCUT2D eigenvalue weighted by Crippen LogP contribution is -2.46. The summed E-state index contributed by atoms with van der Waals surface area (Å²) in [5, 5.41) is 21.1. The lowest BCUT2D eigenvalue weighted by atomic mass is 10.0. The topological polar surface area (TPSA) is 154 Å². The molecule has 1 unspecified atom stereocenters. The predicted molar refractivity (Wildman–Crippen MR) is 116 cm³/mol. The van der Waals surface area contributed by atoms with E-state index in [1.807, 2.05) is 0 Å². The van der Waals surface area contributed by atoms with E-state index in [-0.39, 0.29) is 23.1 Å². The fourth-order valence-electron chi connectivity index (χ4n) is 3.25. The second kappa shape index (κ2) is 9.82. The predicted octanol–water partition coefficient (Wildman–Crippen LogP) is 2.09. The Hall–Kier alpha value is -3.77. The van der Waals surface area contributed by atoms with E-state index < -0.39 is 5.91 Å². The summed E-state index contributed by atoms with van der Waals surface area (Å²) in [5.41, 5.74) is 11.8. The minimum Gasteiger partial charge on any atom is -0.439 e. The van der Waals surface area contributed by atoms with Gasteiger partial charge in [0.05, 0.1) is 10.7 Å². The molecule has 0 bridgehead atoms. The fourth-order valence-corrected chi connectivity index (χ4v) is 3.36. The molecule has 31 heavy (non-hydrogen) atoms. The molecular formula is C21H22ClN7O2. The molecule has 0 radical (unpaired) electrons. The smallest absolute Gasteiger partial charge is 0.254 e. The third kappa shape index (κ3) is 5.65. The number of nitriles is 1. The average Bonchev–Trinajstić information content (AvgIpc) is 2.75. The highest BCUT2D eigenvalue weighted by Gasteiger charge is 2.23. The molecule has 1 aliphatic heterocycles. The van der Waals surface area contributed by atoms with E-state index in [2.05, 4.69) is 16.5 Å². The van der Waals surface area contributed by atoms with Crippen LogP contribution in [0.4, 0.5) is 0 Å². The van der Waals surface area contributed by atoms with Gasteiger partial charge in [-0.25, -0.2) is 4.98 Å². The second-order valence-electron chi connectivity index (χ2n) is 7.00. The van der Waals surface area contributed by atoms with Crippen molar-refractivity contribution in [1.82, 2.24) is 15.2 Å². The van der Waals surface area contributed by atoms with Gasteiger partial charge in [0.25, 0.3) is 5.91 Å². The molecule has 0 saturated carbocycles. The summed E-state index contributed by atoms with van der Waals surface area (Å²) in [7, 11) is 0. The summed E-state index contributed by atoms with van der Waals surface area (Å²) in [6, 6.07) is 9.73. The van der Waals surface area contributed by atoms with Crippen molar-refractivity contribution in [1.29, 1.82) is 10.7 Å². The van der Waals surface area contributed by atoms with Gasteiger partial charge in [-0.2, -0.15) is 5.26 Å². The maximum atomic E-state index is 12.1. The molecule has 1 atom stereocenters. The van der Waals surface area contributed by atoms with Crippen LogP contribution in [0.25, 0.3) is 0 Å². The second-order valence-corrected chi connectivity index (χ2v) is 7.43. The summed E-state index contributed by atoms with van der Waals surface area (Å²) < 4.78 is 5.63. The normalized spacial score (nSPS) is 16.6. The van der Waals surface area contributed by atoms with Crippen LogP contribution in [0.5, 0.6) is 11.6 Å². The van der Waals surface area contributed by atoms with Crippen molar-refractivity contribution < 1.29 is 9.53 Å². The van der Waals surface area contributed by atoms with Gasteiger partial charge in [0.2, 0.25) is 5.88 Å². The van der Waals surface area contributed by atoms with Crippen LogP contribution in [0.1, 0.15) is 18.4 Å². The number of ether oxygens (including phenoxy) is 1. The zero-order chi connectivity index (χ0) is 22.4. The van der Waals surface area contributed by atoms with Gasteiger partial charge >= 0.3 is 0 Å². The Kier molecular flexibility index (Phi) is 6.95. The number of primary amides is 1. The van der Waals surface area contributed by atoms with E-state index >= 15 is 0 Å². The summed E-state index contributed by atoms with van der Waals surface area (Å²) in [5.74, 6) is 0.0831. The summed E-state index contributed by atoms with van der Waals surface area (Å²) in [6.07, 6.45) is 5.21. The van der Waals surface area contributed by atoms with Crippen molar-refractivity contribution in [3.8, 4) is 17.8 Å². The van der Waals surface area contributed by atoms with Crippen molar-refractivity contribution in [3.63, 3.8) is 0 Å². The third-order valence-corrected chi connectivity index (χ3v) is 4.98. The van der Waals surface area contributed by atoms with E-state index in [4.69, 9.17) is 38.5 Å². The number of carbonyl (C=O) groups is 1. The number of nitrogens with two attached hydrogens (primary N) is 2. The Morgan fingerprint density at radius 3 is 2.65 bits per heavy atom. The molecule has 1 fully saturated rings. The Balaban J connectivity index is 1.74. The van der Waals surface area contributed by atoms with Gasteiger partial charge in [0.1, 0.15) is 17.1 Å². The van der Waals surface area contributed by atoms with Gasteiger partial charge < -0.3 is 26.4 Å². The number of aromatic nitrogens is 1. The van der Waals surface area contributed by atoms with Gasteiger partial charge in [0.15, 0.2) is 6.19 Å². The molecule has 6 N–H and O–H groups in total. The molecular weight excluding hydrogens is 418 g/mol. The highest BCUT2D eigenvalue weighted by molar-refractivity contribution is 6.30.